The summed E-state index contributed by atoms with van der Waals surface area (Å²) in [5, 5.41) is 0. The highest BCUT2D eigenvalue weighted by atomic mass is 16.7. The number of methoxy groups -OCH3 is 2. The van der Waals surface area contributed by atoms with Crippen LogP contribution in [0.3, 0.4) is 0 Å². The number of aromatic nitrogens is 2. The topological polar surface area (TPSA) is 62.7 Å². The predicted octanol–water partition coefficient (Wildman–Crippen LogP) is 2.21. The second-order valence-electron chi connectivity index (χ2n) is 4.50. The number of hydrogen-bond donors (Lipinski definition) is 0. The summed E-state index contributed by atoms with van der Waals surface area (Å²) in [7, 11) is 3.24. The fraction of sp³-hybridized carbons (Fsp3) is 0.333. The Kier molecular flexibility index (Phi) is 3.98. The molecule has 3 rings (SSSR count). The van der Waals surface area contributed by atoms with Gasteiger partial charge in [-0.15, -0.1) is 0 Å². The van der Waals surface area contributed by atoms with Crippen LogP contribution in [0.4, 0.5) is 0 Å². The van der Waals surface area contributed by atoms with Crippen molar-refractivity contribution in [2.45, 2.75) is 6.10 Å². The van der Waals surface area contributed by atoms with Gasteiger partial charge < -0.3 is 18.9 Å². The Morgan fingerprint density at radius 1 is 1.19 bits per heavy atom. The third kappa shape index (κ3) is 2.55. The maximum atomic E-state index is 5.60. The van der Waals surface area contributed by atoms with Crippen molar-refractivity contribution in [1.29, 1.82) is 0 Å². The van der Waals surface area contributed by atoms with Gasteiger partial charge in [0.2, 0.25) is 0 Å². The van der Waals surface area contributed by atoms with E-state index in [0.717, 1.165) is 16.8 Å². The Labute approximate surface area is 122 Å². The first-order chi connectivity index (χ1) is 10.3. The highest BCUT2D eigenvalue weighted by Gasteiger charge is 2.28. The van der Waals surface area contributed by atoms with Crippen LogP contribution in [0.15, 0.2) is 30.7 Å². The second kappa shape index (κ2) is 6.07. The number of nitrogens with zero attached hydrogens (tertiary/aromatic N) is 2. The van der Waals surface area contributed by atoms with Crippen LogP contribution >= 0.6 is 0 Å². The molecule has 0 spiro atoms. The molecular weight excluding hydrogens is 272 g/mol. The fourth-order valence-corrected chi connectivity index (χ4v) is 2.42. The lowest BCUT2D eigenvalue weighted by Crippen LogP contribution is -2.07. The molecule has 1 unspecified atom stereocenters. The molecule has 2 aromatic rings. The Morgan fingerprint density at radius 2 is 2.10 bits per heavy atom. The smallest absolute Gasteiger partial charge is 0.147 e. The molecule has 0 saturated carbocycles. The minimum atomic E-state index is -0.216. The molecule has 6 nitrogen and oxygen atoms in total. The standard InChI is InChI=1S/C15H16N2O4/c1-18-12-4-3-10(11-7-16-5-6-17-11)15(19-2)14(12)13-8-20-9-21-13/h3-7,13H,8-9H2,1-2H3. The van der Waals surface area contributed by atoms with E-state index < -0.39 is 0 Å². The molecule has 1 aromatic heterocycles. The molecule has 1 saturated heterocycles. The van der Waals surface area contributed by atoms with E-state index in [1.165, 1.54) is 0 Å². The summed E-state index contributed by atoms with van der Waals surface area (Å²) in [6, 6.07) is 3.78. The van der Waals surface area contributed by atoms with Crippen molar-refractivity contribution in [2.24, 2.45) is 0 Å². The Bertz CT molecular complexity index is 613. The second-order valence-corrected chi connectivity index (χ2v) is 4.50. The quantitative estimate of drug-likeness (QED) is 0.859. The van der Waals surface area contributed by atoms with E-state index in [0.29, 0.717) is 18.1 Å². The fourth-order valence-electron chi connectivity index (χ4n) is 2.42. The average molecular weight is 288 g/mol. The van der Waals surface area contributed by atoms with Crippen molar-refractivity contribution >= 4 is 0 Å². The molecule has 0 amide bonds. The molecule has 0 radical (unpaired) electrons. The van der Waals surface area contributed by atoms with Crippen molar-refractivity contribution in [3.63, 3.8) is 0 Å². The molecule has 0 bridgehead atoms. The van der Waals surface area contributed by atoms with Gasteiger partial charge in [0.25, 0.3) is 0 Å². The largest absolute Gasteiger partial charge is 0.496 e. The summed E-state index contributed by atoms with van der Waals surface area (Å²) in [6.45, 7) is 0.739. The van der Waals surface area contributed by atoms with Crippen molar-refractivity contribution in [2.75, 3.05) is 27.6 Å². The Balaban J connectivity index is 2.16. The summed E-state index contributed by atoms with van der Waals surface area (Å²) in [4.78, 5) is 8.43. The highest BCUT2D eigenvalue weighted by Crippen LogP contribution is 2.43. The molecule has 110 valence electrons. The maximum absolute atomic E-state index is 5.60. The predicted molar refractivity (Wildman–Crippen MR) is 75.2 cm³/mol. The zero-order valence-corrected chi connectivity index (χ0v) is 11.9. The van der Waals surface area contributed by atoms with E-state index in [4.69, 9.17) is 18.9 Å². The minimum Gasteiger partial charge on any atom is -0.496 e. The number of rotatable bonds is 4. The van der Waals surface area contributed by atoms with E-state index in [-0.39, 0.29) is 12.9 Å². The van der Waals surface area contributed by atoms with E-state index in [1.54, 1.807) is 32.8 Å². The van der Waals surface area contributed by atoms with Crippen LogP contribution in [0.25, 0.3) is 11.3 Å². The molecule has 0 N–H and O–H groups in total. The molecule has 1 atom stereocenters. The van der Waals surface area contributed by atoms with Gasteiger partial charge in [0.15, 0.2) is 0 Å². The van der Waals surface area contributed by atoms with Gasteiger partial charge in [-0.25, -0.2) is 0 Å². The summed E-state index contributed by atoms with van der Waals surface area (Å²) >= 11 is 0. The lowest BCUT2D eigenvalue weighted by Gasteiger charge is -2.19. The van der Waals surface area contributed by atoms with Crippen LogP contribution in [0.5, 0.6) is 11.5 Å². The number of ether oxygens (including phenoxy) is 4. The van der Waals surface area contributed by atoms with Crippen molar-refractivity contribution < 1.29 is 18.9 Å². The normalized spacial score (nSPS) is 17.7. The summed E-state index contributed by atoms with van der Waals surface area (Å²) in [5.41, 5.74) is 2.41. The minimum absolute atomic E-state index is 0.216. The van der Waals surface area contributed by atoms with Crippen LogP contribution in [0.2, 0.25) is 0 Å². The van der Waals surface area contributed by atoms with Gasteiger partial charge in [-0.1, -0.05) is 0 Å². The summed E-state index contributed by atoms with van der Waals surface area (Å²) in [6.07, 6.45) is 4.76. The zero-order chi connectivity index (χ0) is 14.7. The van der Waals surface area contributed by atoms with Crippen LogP contribution in [-0.4, -0.2) is 37.6 Å². The van der Waals surface area contributed by atoms with Gasteiger partial charge in [-0.3, -0.25) is 9.97 Å². The molecule has 1 aliphatic heterocycles. The molecular formula is C15H16N2O4. The van der Waals surface area contributed by atoms with Crippen LogP contribution in [0.1, 0.15) is 11.7 Å². The van der Waals surface area contributed by atoms with Crippen LogP contribution in [0, 0.1) is 0 Å². The molecule has 21 heavy (non-hydrogen) atoms. The van der Waals surface area contributed by atoms with E-state index in [1.807, 2.05) is 12.1 Å². The summed E-state index contributed by atoms with van der Waals surface area (Å²) in [5.74, 6) is 1.38. The van der Waals surface area contributed by atoms with Crippen LogP contribution < -0.4 is 9.47 Å². The van der Waals surface area contributed by atoms with Gasteiger partial charge in [0, 0.05) is 18.0 Å². The van der Waals surface area contributed by atoms with E-state index in [2.05, 4.69) is 9.97 Å². The lowest BCUT2D eigenvalue weighted by atomic mass is 10.0. The molecule has 1 aliphatic rings. The monoisotopic (exact) mass is 288 g/mol. The average Bonchev–Trinajstić information content (AvgIpc) is 3.08. The molecule has 0 aliphatic carbocycles. The first kappa shape index (κ1) is 13.8. The van der Waals surface area contributed by atoms with Crippen molar-refractivity contribution in [3.8, 4) is 22.8 Å². The molecule has 6 heteroatoms. The Morgan fingerprint density at radius 3 is 2.71 bits per heavy atom. The molecule has 2 heterocycles. The van der Waals surface area contributed by atoms with Gasteiger partial charge in [-0.2, -0.15) is 0 Å². The maximum Gasteiger partial charge on any atom is 0.147 e. The SMILES string of the molecule is COc1ccc(-c2cnccn2)c(OC)c1C1COCO1. The van der Waals surface area contributed by atoms with Crippen LogP contribution in [-0.2, 0) is 9.47 Å². The Hall–Kier alpha value is -2.18. The zero-order valence-electron chi connectivity index (χ0n) is 11.9. The third-order valence-corrected chi connectivity index (χ3v) is 3.36. The summed E-state index contributed by atoms with van der Waals surface area (Å²) < 4.78 is 21.9. The number of hydrogen-bond acceptors (Lipinski definition) is 6. The first-order valence-electron chi connectivity index (χ1n) is 6.55. The van der Waals surface area contributed by atoms with Crippen molar-refractivity contribution in [1.82, 2.24) is 9.97 Å². The first-order valence-corrected chi connectivity index (χ1v) is 6.55. The highest BCUT2D eigenvalue weighted by molar-refractivity contribution is 5.71. The van der Waals surface area contributed by atoms with Gasteiger partial charge in [0.05, 0.1) is 38.3 Å². The van der Waals surface area contributed by atoms with Gasteiger partial charge in [0.1, 0.15) is 24.4 Å². The van der Waals surface area contributed by atoms with Gasteiger partial charge >= 0.3 is 0 Å². The molecule has 1 fully saturated rings. The third-order valence-electron chi connectivity index (χ3n) is 3.36. The van der Waals surface area contributed by atoms with E-state index in [9.17, 15) is 0 Å². The van der Waals surface area contributed by atoms with Crippen molar-refractivity contribution in [3.05, 3.63) is 36.3 Å². The lowest BCUT2D eigenvalue weighted by molar-refractivity contribution is 0.0454. The number of benzene rings is 1. The van der Waals surface area contributed by atoms with Gasteiger partial charge in [-0.05, 0) is 12.1 Å². The molecule has 1 aromatic carbocycles. The van der Waals surface area contributed by atoms with E-state index >= 15 is 0 Å².